The van der Waals surface area contributed by atoms with Gasteiger partial charge < -0.3 is 0 Å². The maximum atomic E-state index is 13.9. The summed E-state index contributed by atoms with van der Waals surface area (Å²) in [4.78, 5) is 0. The smallest absolute Gasteiger partial charge is 0.261 e. The van der Waals surface area contributed by atoms with Gasteiger partial charge in [0, 0.05) is 5.69 Å². The molecule has 1 rings (SSSR count). The zero-order valence-electron chi connectivity index (χ0n) is 15.0. The second kappa shape index (κ2) is 9.33. The molecule has 0 aliphatic carbocycles. The lowest BCUT2D eigenvalue weighted by molar-refractivity contribution is 0.145. The summed E-state index contributed by atoms with van der Waals surface area (Å²) in [5, 5.41) is 3.84. The molecule has 2 nitrogen and oxygen atoms in total. The van der Waals surface area contributed by atoms with E-state index in [-0.39, 0.29) is 11.2 Å². The molecule has 1 heterocycles. The largest absolute Gasteiger partial charge is 0.270 e. The van der Waals surface area contributed by atoms with E-state index >= 15 is 0 Å². The minimum atomic E-state index is -2.82. The third-order valence-electron chi connectivity index (χ3n) is 4.73. The van der Waals surface area contributed by atoms with E-state index in [9.17, 15) is 13.2 Å². The quantitative estimate of drug-likeness (QED) is 0.421. The van der Waals surface area contributed by atoms with Crippen molar-refractivity contribution >= 4 is 0 Å². The van der Waals surface area contributed by atoms with Gasteiger partial charge in [-0.1, -0.05) is 58.8 Å². The molecule has 0 aliphatic heterocycles. The normalized spacial score (nSPS) is 14.4. The van der Waals surface area contributed by atoms with Gasteiger partial charge in [-0.3, -0.25) is 4.68 Å². The van der Waals surface area contributed by atoms with Crippen LogP contribution in [0.5, 0.6) is 0 Å². The molecule has 1 aromatic heterocycles. The first-order chi connectivity index (χ1) is 10.9. The molecule has 134 valence electrons. The molecule has 0 saturated carbocycles. The van der Waals surface area contributed by atoms with Crippen LogP contribution in [-0.4, -0.2) is 9.78 Å². The molecule has 0 saturated heterocycles. The van der Waals surface area contributed by atoms with Gasteiger partial charge in [-0.2, -0.15) is 4.39 Å². The van der Waals surface area contributed by atoms with Crippen molar-refractivity contribution in [2.45, 2.75) is 97.4 Å². The molecular weight excluding hydrogens is 301 g/mol. The topological polar surface area (TPSA) is 17.8 Å². The van der Waals surface area contributed by atoms with Crippen LogP contribution in [-0.2, 0) is 5.54 Å². The van der Waals surface area contributed by atoms with Gasteiger partial charge in [0.1, 0.15) is 0 Å². The first kappa shape index (κ1) is 20.0. The van der Waals surface area contributed by atoms with Crippen LogP contribution in [0.15, 0.2) is 0 Å². The van der Waals surface area contributed by atoms with Crippen molar-refractivity contribution in [1.82, 2.24) is 9.78 Å². The molecule has 0 aromatic carbocycles. The van der Waals surface area contributed by atoms with Gasteiger partial charge in [0.25, 0.3) is 6.43 Å². The Morgan fingerprint density at radius 2 is 1.57 bits per heavy atom. The highest BCUT2D eigenvalue weighted by Crippen LogP contribution is 2.34. The van der Waals surface area contributed by atoms with Crippen molar-refractivity contribution in [3.8, 4) is 0 Å². The van der Waals surface area contributed by atoms with E-state index in [4.69, 9.17) is 0 Å². The first-order valence-electron chi connectivity index (χ1n) is 8.91. The lowest BCUT2D eigenvalue weighted by Gasteiger charge is -2.32. The number of rotatable bonds is 11. The Bertz CT molecular complexity index is 471. The number of nitrogens with zero attached hydrogens (tertiary/aromatic N) is 2. The average Bonchev–Trinajstić information content (AvgIpc) is 2.80. The highest BCUT2D eigenvalue weighted by molar-refractivity contribution is 5.20. The zero-order valence-corrected chi connectivity index (χ0v) is 15.0. The van der Waals surface area contributed by atoms with E-state index in [2.05, 4.69) is 18.9 Å². The third kappa shape index (κ3) is 5.25. The summed E-state index contributed by atoms with van der Waals surface area (Å²) < 4.78 is 41.5. The van der Waals surface area contributed by atoms with Gasteiger partial charge in [-0.05, 0) is 26.7 Å². The predicted molar refractivity (Wildman–Crippen MR) is 88.4 cm³/mol. The third-order valence-corrected chi connectivity index (χ3v) is 4.73. The first-order valence-corrected chi connectivity index (χ1v) is 8.91. The van der Waals surface area contributed by atoms with Crippen LogP contribution in [0.25, 0.3) is 0 Å². The minimum absolute atomic E-state index is 0.268. The van der Waals surface area contributed by atoms with Crippen LogP contribution in [0.2, 0.25) is 0 Å². The molecule has 0 spiro atoms. The SMILES string of the molecule is CCCCCCCC(C)(CCCC)n1nc(F)c(C(F)F)c1C. The van der Waals surface area contributed by atoms with Crippen molar-refractivity contribution in [3.63, 3.8) is 0 Å². The summed E-state index contributed by atoms with van der Waals surface area (Å²) in [6, 6.07) is 0. The highest BCUT2D eigenvalue weighted by Gasteiger charge is 2.32. The molecule has 0 aliphatic rings. The number of hydrogen-bond acceptors (Lipinski definition) is 1. The van der Waals surface area contributed by atoms with Crippen molar-refractivity contribution in [2.24, 2.45) is 0 Å². The highest BCUT2D eigenvalue weighted by atomic mass is 19.3. The second-order valence-corrected chi connectivity index (χ2v) is 6.77. The molecule has 0 amide bonds. The molecule has 0 fully saturated rings. The maximum Gasteiger partial charge on any atom is 0.270 e. The molecular formula is C18H31F3N2. The molecule has 1 unspecified atom stereocenters. The second-order valence-electron chi connectivity index (χ2n) is 6.77. The molecule has 1 aromatic rings. The number of alkyl halides is 2. The molecule has 23 heavy (non-hydrogen) atoms. The fraction of sp³-hybridized carbons (Fsp3) is 0.833. The molecule has 0 N–H and O–H groups in total. The molecule has 0 bridgehead atoms. The van der Waals surface area contributed by atoms with Crippen molar-refractivity contribution in [1.29, 1.82) is 0 Å². The van der Waals surface area contributed by atoms with Crippen LogP contribution in [0.1, 0.15) is 96.2 Å². The Balaban J connectivity index is 2.94. The average molecular weight is 332 g/mol. The number of hydrogen-bond donors (Lipinski definition) is 0. The number of unbranched alkanes of at least 4 members (excludes halogenated alkanes) is 5. The lowest BCUT2D eigenvalue weighted by Crippen LogP contribution is -2.32. The summed E-state index contributed by atoms with van der Waals surface area (Å²) >= 11 is 0. The summed E-state index contributed by atoms with van der Waals surface area (Å²) in [6.45, 7) is 7.85. The van der Waals surface area contributed by atoms with Crippen LogP contribution < -0.4 is 0 Å². The summed E-state index contributed by atoms with van der Waals surface area (Å²) in [5.74, 6) is -1.02. The predicted octanol–water partition coefficient (Wildman–Crippen LogP) is 6.53. The Kier molecular flexibility index (Phi) is 8.13. The Morgan fingerprint density at radius 1 is 1.00 bits per heavy atom. The monoisotopic (exact) mass is 332 g/mol. The van der Waals surface area contributed by atoms with Gasteiger partial charge in [0.05, 0.1) is 11.1 Å². The van der Waals surface area contributed by atoms with Gasteiger partial charge in [0.2, 0.25) is 5.95 Å². The fourth-order valence-electron chi connectivity index (χ4n) is 3.26. The Hall–Kier alpha value is -1.00. The summed E-state index contributed by atoms with van der Waals surface area (Å²) in [7, 11) is 0. The summed E-state index contributed by atoms with van der Waals surface area (Å²) in [6.07, 6.45) is 6.62. The van der Waals surface area contributed by atoms with Gasteiger partial charge in [-0.15, -0.1) is 5.10 Å². The van der Waals surface area contributed by atoms with E-state index in [1.165, 1.54) is 23.9 Å². The van der Waals surface area contributed by atoms with Crippen LogP contribution in [0.3, 0.4) is 0 Å². The standard InChI is InChI=1S/C18H31F3N2/c1-5-7-9-10-11-13-18(4,12-8-6-2)23-14(3)15(16(19)20)17(21)22-23/h16H,5-13H2,1-4H3. The Morgan fingerprint density at radius 3 is 2.09 bits per heavy atom. The van der Waals surface area contributed by atoms with E-state index in [0.717, 1.165) is 38.5 Å². The van der Waals surface area contributed by atoms with Gasteiger partial charge in [-0.25, -0.2) is 8.78 Å². The van der Waals surface area contributed by atoms with Crippen molar-refractivity contribution < 1.29 is 13.2 Å². The molecule has 1 atom stereocenters. The van der Waals surface area contributed by atoms with Gasteiger partial charge >= 0.3 is 0 Å². The van der Waals surface area contributed by atoms with E-state index in [1.807, 2.05) is 6.92 Å². The molecule has 5 heteroatoms. The van der Waals surface area contributed by atoms with Crippen molar-refractivity contribution in [2.75, 3.05) is 0 Å². The van der Waals surface area contributed by atoms with Crippen LogP contribution in [0, 0.1) is 12.9 Å². The molecule has 0 radical (unpaired) electrons. The Labute approximate surface area is 138 Å². The van der Waals surface area contributed by atoms with Crippen LogP contribution >= 0.6 is 0 Å². The minimum Gasteiger partial charge on any atom is -0.261 e. The zero-order chi connectivity index (χ0) is 17.5. The van der Waals surface area contributed by atoms with Crippen molar-refractivity contribution in [3.05, 3.63) is 17.2 Å². The summed E-state index contributed by atoms with van der Waals surface area (Å²) in [5.41, 5.74) is -0.663. The fourth-order valence-corrected chi connectivity index (χ4v) is 3.26. The van der Waals surface area contributed by atoms with Crippen LogP contribution in [0.4, 0.5) is 13.2 Å². The number of aromatic nitrogens is 2. The van der Waals surface area contributed by atoms with E-state index in [1.54, 1.807) is 6.92 Å². The maximum absolute atomic E-state index is 13.9. The lowest BCUT2D eigenvalue weighted by atomic mass is 9.88. The van der Waals surface area contributed by atoms with Gasteiger partial charge in [0.15, 0.2) is 0 Å². The van der Waals surface area contributed by atoms with E-state index < -0.39 is 17.9 Å². The number of halogens is 3. The van der Waals surface area contributed by atoms with E-state index in [0.29, 0.717) is 0 Å².